The van der Waals surface area contributed by atoms with E-state index in [0.29, 0.717) is 6.61 Å². The molecular formula is C15H19N3O3. The number of ether oxygens (including phenoxy) is 1. The van der Waals surface area contributed by atoms with E-state index in [2.05, 4.69) is 5.32 Å². The molecule has 0 spiro atoms. The van der Waals surface area contributed by atoms with E-state index >= 15 is 0 Å². The van der Waals surface area contributed by atoms with Gasteiger partial charge in [-0.1, -0.05) is 30.3 Å². The number of hydrogen-bond acceptors (Lipinski definition) is 4. The monoisotopic (exact) mass is 289 g/mol. The zero-order valence-electron chi connectivity index (χ0n) is 11.9. The molecule has 0 fully saturated rings. The maximum atomic E-state index is 11.7. The molecule has 2 amide bonds. The quantitative estimate of drug-likeness (QED) is 0.735. The molecule has 1 rings (SSSR count). The first-order valence-corrected chi connectivity index (χ1v) is 6.63. The van der Waals surface area contributed by atoms with Crippen LogP contribution in [0.4, 0.5) is 0 Å². The Kier molecular flexibility index (Phi) is 6.92. The molecule has 0 aliphatic rings. The summed E-state index contributed by atoms with van der Waals surface area (Å²) >= 11 is 0. The highest BCUT2D eigenvalue weighted by Crippen LogP contribution is 2.05. The predicted octanol–water partition coefficient (Wildman–Crippen LogP) is 0.723. The van der Waals surface area contributed by atoms with Crippen LogP contribution in [0, 0.1) is 17.2 Å². The Balaban J connectivity index is 2.37. The lowest BCUT2D eigenvalue weighted by Gasteiger charge is -2.16. The van der Waals surface area contributed by atoms with Crippen LogP contribution in [0.25, 0.3) is 0 Å². The summed E-state index contributed by atoms with van der Waals surface area (Å²) in [6, 6.07) is 10.6. The highest BCUT2D eigenvalue weighted by atomic mass is 16.5. The van der Waals surface area contributed by atoms with Gasteiger partial charge in [0.25, 0.3) is 0 Å². The summed E-state index contributed by atoms with van der Waals surface area (Å²) in [7, 11) is 0. The largest absolute Gasteiger partial charge is 0.368 e. The van der Waals surface area contributed by atoms with E-state index in [0.717, 1.165) is 5.56 Å². The van der Waals surface area contributed by atoms with Gasteiger partial charge in [0.15, 0.2) is 0 Å². The van der Waals surface area contributed by atoms with Gasteiger partial charge in [-0.3, -0.25) is 9.59 Å². The number of nitrogens with zero attached hydrogens (tertiary/aromatic N) is 1. The predicted molar refractivity (Wildman–Crippen MR) is 76.6 cm³/mol. The topological polar surface area (TPSA) is 105 Å². The van der Waals surface area contributed by atoms with Crippen LogP contribution in [0.1, 0.15) is 18.9 Å². The fourth-order valence-corrected chi connectivity index (χ4v) is 1.72. The molecule has 0 bridgehead atoms. The fourth-order valence-electron chi connectivity index (χ4n) is 1.72. The molecule has 0 saturated carbocycles. The van der Waals surface area contributed by atoms with E-state index in [4.69, 9.17) is 15.7 Å². The Morgan fingerprint density at radius 3 is 2.62 bits per heavy atom. The molecule has 2 atom stereocenters. The van der Waals surface area contributed by atoms with Crippen molar-refractivity contribution in [3.63, 3.8) is 0 Å². The Hall–Kier alpha value is -2.39. The van der Waals surface area contributed by atoms with Crippen molar-refractivity contribution in [3.05, 3.63) is 35.9 Å². The molecule has 0 aliphatic carbocycles. The van der Waals surface area contributed by atoms with Gasteiger partial charge in [-0.25, -0.2) is 0 Å². The molecule has 6 nitrogen and oxygen atoms in total. The highest BCUT2D eigenvalue weighted by Gasteiger charge is 2.20. The van der Waals surface area contributed by atoms with Gasteiger partial charge in [0.1, 0.15) is 12.6 Å². The van der Waals surface area contributed by atoms with E-state index < -0.39 is 17.9 Å². The summed E-state index contributed by atoms with van der Waals surface area (Å²) in [4.78, 5) is 22.9. The molecule has 112 valence electrons. The second kappa shape index (κ2) is 8.72. The molecule has 0 saturated heterocycles. The minimum Gasteiger partial charge on any atom is -0.368 e. The lowest BCUT2D eigenvalue weighted by atomic mass is 10.0. The van der Waals surface area contributed by atoms with Gasteiger partial charge < -0.3 is 15.8 Å². The number of hydrogen-bond donors (Lipinski definition) is 2. The summed E-state index contributed by atoms with van der Waals surface area (Å²) in [5.41, 5.74) is 6.16. The molecule has 6 heteroatoms. The number of benzene rings is 1. The van der Waals surface area contributed by atoms with Crippen molar-refractivity contribution in [2.75, 3.05) is 6.61 Å². The second-order valence-electron chi connectivity index (χ2n) is 4.77. The van der Waals surface area contributed by atoms with Crippen molar-refractivity contribution in [2.45, 2.75) is 26.0 Å². The standard InChI is InChI=1S/C15H19N3O3/c1-11(8-16)7-13(15(17)20)18-14(19)10-21-9-12-5-3-2-4-6-12/h2-6,11,13H,7,9-10H2,1H3,(H2,17,20)(H,18,19)/t11-,13-/m0/s1. The molecule has 1 aromatic carbocycles. The van der Waals surface area contributed by atoms with E-state index in [1.165, 1.54) is 0 Å². The number of nitriles is 1. The van der Waals surface area contributed by atoms with E-state index in [9.17, 15) is 9.59 Å². The smallest absolute Gasteiger partial charge is 0.246 e. The summed E-state index contributed by atoms with van der Waals surface area (Å²) in [6.45, 7) is 1.80. The van der Waals surface area contributed by atoms with E-state index in [1.54, 1.807) is 6.92 Å². The van der Waals surface area contributed by atoms with Crippen LogP contribution in [0.15, 0.2) is 30.3 Å². The minimum atomic E-state index is -0.854. The highest BCUT2D eigenvalue weighted by molar-refractivity contribution is 5.87. The van der Waals surface area contributed by atoms with Crippen LogP contribution in [-0.4, -0.2) is 24.5 Å². The van der Waals surface area contributed by atoms with Crippen LogP contribution in [0.2, 0.25) is 0 Å². The number of carbonyl (C=O) groups is 2. The second-order valence-corrected chi connectivity index (χ2v) is 4.77. The number of primary amides is 1. The Bertz CT molecular complexity index is 511. The lowest BCUT2D eigenvalue weighted by Crippen LogP contribution is -2.46. The van der Waals surface area contributed by atoms with Crippen molar-refractivity contribution in [2.24, 2.45) is 11.7 Å². The third-order valence-electron chi connectivity index (χ3n) is 2.83. The van der Waals surface area contributed by atoms with E-state index in [1.807, 2.05) is 36.4 Å². The summed E-state index contributed by atoms with van der Waals surface area (Å²) in [5.74, 6) is -1.46. The molecule has 0 aliphatic heterocycles. The van der Waals surface area contributed by atoms with Crippen molar-refractivity contribution in [3.8, 4) is 6.07 Å². The minimum absolute atomic E-state index is 0.167. The zero-order chi connectivity index (χ0) is 15.7. The molecule has 0 aromatic heterocycles. The Labute approximate surface area is 123 Å². The maximum absolute atomic E-state index is 11.7. The molecule has 3 N–H and O–H groups in total. The van der Waals surface area contributed by atoms with Crippen molar-refractivity contribution in [1.29, 1.82) is 5.26 Å². The van der Waals surface area contributed by atoms with Crippen LogP contribution in [0.3, 0.4) is 0 Å². The third kappa shape index (κ3) is 6.54. The summed E-state index contributed by atoms with van der Waals surface area (Å²) in [6.07, 6.45) is 0.191. The van der Waals surface area contributed by atoms with Gasteiger partial charge in [0.05, 0.1) is 12.7 Å². The molecular weight excluding hydrogens is 270 g/mol. The number of rotatable bonds is 8. The van der Waals surface area contributed by atoms with Crippen LogP contribution >= 0.6 is 0 Å². The molecule has 0 radical (unpaired) electrons. The zero-order valence-corrected chi connectivity index (χ0v) is 11.9. The van der Waals surface area contributed by atoms with Gasteiger partial charge in [-0.15, -0.1) is 0 Å². The molecule has 0 heterocycles. The van der Waals surface area contributed by atoms with Crippen molar-refractivity contribution >= 4 is 11.8 Å². The normalized spacial score (nSPS) is 13.0. The summed E-state index contributed by atoms with van der Waals surface area (Å²) in [5, 5.41) is 11.2. The number of nitrogens with two attached hydrogens (primary N) is 1. The van der Waals surface area contributed by atoms with Crippen molar-refractivity contribution in [1.82, 2.24) is 5.32 Å². The number of amides is 2. The van der Waals surface area contributed by atoms with Crippen molar-refractivity contribution < 1.29 is 14.3 Å². The fraction of sp³-hybridized carbons (Fsp3) is 0.400. The van der Waals surface area contributed by atoms with Crippen LogP contribution < -0.4 is 11.1 Å². The van der Waals surface area contributed by atoms with Gasteiger partial charge >= 0.3 is 0 Å². The Morgan fingerprint density at radius 2 is 2.05 bits per heavy atom. The first kappa shape index (κ1) is 16.7. The van der Waals surface area contributed by atoms with Gasteiger partial charge in [-0.2, -0.15) is 5.26 Å². The van der Waals surface area contributed by atoms with Gasteiger partial charge in [0, 0.05) is 5.92 Å². The maximum Gasteiger partial charge on any atom is 0.246 e. The molecule has 1 aromatic rings. The van der Waals surface area contributed by atoms with Crippen LogP contribution in [-0.2, 0) is 20.9 Å². The first-order valence-electron chi connectivity index (χ1n) is 6.63. The third-order valence-corrected chi connectivity index (χ3v) is 2.83. The van der Waals surface area contributed by atoms with Gasteiger partial charge in [-0.05, 0) is 18.9 Å². The first-order chi connectivity index (χ1) is 10.0. The lowest BCUT2D eigenvalue weighted by molar-refractivity contribution is -0.130. The Morgan fingerprint density at radius 1 is 1.38 bits per heavy atom. The van der Waals surface area contributed by atoms with E-state index in [-0.39, 0.29) is 18.9 Å². The average Bonchev–Trinajstić information content (AvgIpc) is 2.47. The summed E-state index contributed by atoms with van der Waals surface area (Å²) < 4.78 is 5.26. The van der Waals surface area contributed by atoms with Crippen LogP contribution in [0.5, 0.6) is 0 Å². The number of nitrogens with one attached hydrogen (secondary N) is 1. The molecule has 0 unspecified atom stereocenters. The van der Waals surface area contributed by atoms with Gasteiger partial charge in [0.2, 0.25) is 11.8 Å². The SMILES string of the molecule is C[C@H](C#N)C[C@H](NC(=O)COCc1ccccc1)C(N)=O. The number of carbonyl (C=O) groups excluding carboxylic acids is 2. The average molecular weight is 289 g/mol. The molecule has 21 heavy (non-hydrogen) atoms.